The monoisotopic (exact) mass is 111 g/mol. The van der Waals surface area contributed by atoms with Crippen molar-refractivity contribution in [1.82, 2.24) is 0 Å². The average molecular weight is 111 g/mol. The maximum Gasteiger partial charge on any atom is 1.00 e. The van der Waals surface area contributed by atoms with Crippen molar-refractivity contribution in [2.45, 2.75) is 0 Å². The third kappa shape index (κ3) is 23.7. The van der Waals surface area contributed by atoms with Gasteiger partial charge in [0.1, 0.15) is 0 Å². The molecule has 5 heteroatoms. The van der Waals surface area contributed by atoms with E-state index < -0.39 is 0 Å². The molecular formula is H3KNNaO2. The first-order valence-electron chi connectivity index (χ1n) is 0.383. The van der Waals surface area contributed by atoms with Crippen LogP contribution < -0.4 is 80.9 Å². The minimum Gasteiger partial charge on any atom is -1.00 e. The molecule has 0 aromatic rings. The molecule has 0 aliphatic rings. The first-order chi connectivity index (χ1) is 1.41. The van der Waals surface area contributed by atoms with Crippen LogP contribution in [0.1, 0.15) is 2.85 Å². The number of rotatable bonds is 0. The summed E-state index contributed by atoms with van der Waals surface area (Å²) in [5, 5.41) is 7.89. The molecule has 3 nitrogen and oxygen atoms in total. The van der Waals surface area contributed by atoms with E-state index >= 15 is 0 Å². The zero-order chi connectivity index (χ0) is 2.71. The molecule has 0 aliphatic heterocycles. The number of hydrogen-bond acceptors (Lipinski definition) is 2. The van der Waals surface area contributed by atoms with Crippen molar-refractivity contribution >= 4 is 0 Å². The topological polar surface area (TPSA) is 49.7 Å². The zero-order valence-electron chi connectivity index (χ0n) is 5.30. The van der Waals surface area contributed by atoms with Gasteiger partial charge in [-0.15, -0.1) is 4.91 Å². The molecule has 0 bridgehead atoms. The van der Waals surface area contributed by atoms with Crippen LogP contribution in [0, 0.1) is 4.91 Å². The van der Waals surface area contributed by atoms with Gasteiger partial charge in [0.15, 0.2) is 5.34 Å². The third-order valence-corrected chi connectivity index (χ3v) is 0. The molecule has 0 saturated carbocycles. The van der Waals surface area contributed by atoms with Gasteiger partial charge in [-0.1, -0.05) is 0 Å². The summed E-state index contributed by atoms with van der Waals surface area (Å²) in [5.41, 5.74) is 0. The van der Waals surface area contributed by atoms with Gasteiger partial charge in [-0.05, 0) is 0 Å². The van der Waals surface area contributed by atoms with Gasteiger partial charge >= 0.3 is 80.9 Å². The van der Waals surface area contributed by atoms with E-state index in [0.717, 1.165) is 0 Å². The molecule has 0 radical (unpaired) electrons. The first-order valence-corrected chi connectivity index (χ1v) is 0.383. The van der Waals surface area contributed by atoms with E-state index in [1.807, 2.05) is 0 Å². The second kappa shape index (κ2) is 16.6. The van der Waals surface area contributed by atoms with E-state index in [1.54, 1.807) is 0 Å². The summed E-state index contributed by atoms with van der Waals surface area (Å²) in [6, 6.07) is 0. The van der Waals surface area contributed by atoms with Gasteiger partial charge in [-0.3, -0.25) is 0 Å². The molecule has 0 saturated heterocycles. The molecule has 22 valence electrons. The molecule has 0 aromatic carbocycles. The molecule has 0 aromatic heterocycles. The molecule has 0 atom stereocenters. The van der Waals surface area contributed by atoms with Gasteiger partial charge in [0.25, 0.3) is 0 Å². The Labute approximate surface area is 97.1 Å². The Morgan fingerprint density at radius 3 is 1.80 bits per heavy atom. The maximum absolute atomic E-state index is 8.11. The van der Waals surface area contributed by atoms with Crippen LogP contribution in [-0.2, 0) is 0 Å². The van der Waals surface area contributed by atoms with E-state index in [2.05, 4.69) is 0 Å². The summed E-state index contributed by atoms with van der Waals surface area (Å²) in [6.07, 6.45) is 0. The number of nitrogens with zero attached hydrogens (tertiary/aromatic N) is 1. The maximum atomic E-state index is 8.11. The first kappa shape index (κ1) is 15.7. The molecule has 0 unspecified atom stereocenters. The SMILES string of the molecule is O=NO.[H-].[H-].[K+].[Na+]. The predicted octanol–water partition coefficient (Wildman–Crippen LogP) is -5.62. The van der Waals surface area contributed by atoms with E-state index in [9.17, 15) is 0 Å². The summed E-state index contributed by atoms with van der Waals surface area (Å²) < 4.78 is 0. The van der Waals surface area contributed by atoms with Crippen LogP contribution >= 0.6 is 0 Å². The number of hydrogen-bond donors (Lipinski definition) is 1. The van der Waals surface area contributed by atoms with Gasteiger partial charge in [-0.2, -0.15) is 0 Å². The molecule has 0 fully saturated rings. The van der Waals surface area contributed by atoms with E-state index in [0.29, 0.717) is 0 Å². The van der Waals surface area contributed by atoms with Crippen molar-refractivity contribution in [2.24, 2.45) is 5.34 Å². The molecule has 0 heterocycles. The van der Waals surface area contributed by atoms with Crippen LogP contribution in [0.25, 0.3) is 0 Å². The Morgan fingerprint density at radius 2 is 1.80 bits per heavy atom. The zero-order valence-corrected chi connectivity index (χ0v) is 8.43. The second-order valence-corrected chi connectivity index (χ2v) is 0.0816. The Kier molecular flexibility index (Phi) is 52.3. The van der Waals surface area contributed by atoms with E-state index in [-0.39, 0.29) is 83.8 Å². The second-order valence-electron chi connectivity index (χ2n) is 0.0816. The fraction of sp³-hybridized carbons (Fsp3) is 0. The quantitative estimate of drug-likeness (QED) is 0.192. The molecule has 1 N–H and O–H groups in total. The van der Waals surface area contributed by atoms with Crippen LogP contribution in [-0.4, -0.2) is 5.21 Å². The minimum absolute atomic E-state index is 0. The summed E-state index contributed by atoms with van der Waals surface area (Å²) in [5.74, 6) is 0. The Hall–Kier alpha value is 2.04. The fourth-order valence-corrected chi connectivity index (χ4v) is 0. The van der Waals surface area contributed by atoms with Crippen molar-refractivity contribution in [3.63, 3.8) is 0 Å². The Balaban J connectivity index is -0.00000000333. The summed E-state index contributed by atoms with van der Waals surface area (Å²) >= 11 is 0. The van der Waals surface area contributed by atoms with Crippen LogP contribution in [0.15, 0.2) is 5.34 Å². The Bertz CT molecular complexity index is 23.2. The molecular weight excluding hydrogens is 108 g/mol. The predicted molar refractivity (Wildman–Crippen MR) is 9.81 cm³/mol. The van der Waals surface area contributed by atoms with Gasteiger partial charge in [0.2, 0.25) is 0 Å². The van der Waals surface area contributed by atoms with Crippen molar-refractivity contribution < 1.29 is 89.0 Å². The molecule has 5 heavy (non-hydrogen) atoms. The summed E-state index contributed by atoms with van der Waals surface area (Å²) in [6.45, 7) is 0. The molecule has 0 spiro atoms. The van der Waals surface area contributed by atoms with Crippen molar-refractivity contribution in [2.75, 3.05) is 0 Å². The van der Waals surface area contributed by atoms with Crippen molar-refractivity contribution in [3.8, 4) is 0 Å². The van der Waals surface area contributed by atoms with Gasteiger partial charge in [0, 0.05) is 0 Å². The molecule has 0 aliphatic carbocycles. The van der Waals surface area contributed by atoms with Crippen LogP contribution in [0.3, 0.4) is 0 Å². The van der Waals surface area contributed by atoms with Gasteiger partial charge in [-0.25, -0.2) is 0 Å². The van der Waals surface area contributed by atoms with E-state index in [1.165, 1.54) is 5.34 Å². The summed E-state index contributed by atoms with van der Waals surface area (Å²) in [4.78, 5) is 8.11. The largest absolute Gasteiger partial charge is 1.00 e. The van der Waals surface area contributed by atoms with Crippen LogP contribution in [0.2, 0.25) is 0 Å². The van der Waals surface area contributed by atoms with Gasteiger partial charge in [0.05, 0.1) is 0 Å². The smallest absolute Gasteiger partial charge is 1.00 e. The van der Waals surface area contributed by atoms with Crippen LogP contribution in [0.5, 0.6) is 0 Å². The standard InChI is InChI=1S/K.HNO2.Na.2H/c;2-1-3;;;/h;(H,2,3);;;/q+1;;+1;2*-1. The van der Waals surface area contributed by atoms with Crippen molar-refractivity contribution in [1.29, 1.82) is 0 Å². The molecule has 0 rings (SSSR count). The van der Waals surface area contributed by atoms with Crippen molar-refractivity contribution in [3.05, 3.63) is 4.91 Å². The van der Waals surface area contributed by atoms with Crippen LogP contribution in [0.4, 0.5) is 0 Å². The third-order valence-electron chi connectivity index (χ3n) is 0. The molecule has 0 amide bonds. The average Bonchev–Trinajstić information content (AvgIpc) is 0.918. The summed E-state index contributed by atoms with van der Waals surface area (Å²) in [7, 11) is 0. The normalized spacial score (nSPS) is 2.40. The van der Waals surface area contributed by atoms with Gasteiger partial charge < -0.3 is 8.06 Å². The van der Waals surface area contributed by atoms with E-state index in [4.69, 9.17) is 10.1 Å². The minimum atomic E-state index is 0. The fourth-order valence-electron chi connectivity index (χ4n) is 0. The Morgan fingerprint density at radius 1 is 1.80 bits per heavy atom.